The predicted molar refractivity (Wildman–Crippen MR) is 84.6 cm³/mol. The maximum absolute atomic E-state index is 11.9. The Morgan fingerprint density at radius 1 is 1.36 bits per heavy atom. The number of aliphatic hydroxyl groups is 1. The first-order valence-corrected chi connectivity index (χ1v) is 7.00. The summed E-state index contributed by atoms with van der Waals surface area (Å²) in [7, 11) is 1.48. The van der Waals surface area contributed by atoms with Crippen molar-refractivity contribution in [2.24, 2.45) is 11.1 Å². The summed E-state index contributed by atoms with van der Waals surface area (Å²) in [6, 6.07) is 5.99. The average Bonchev–Trinajstić information content (AvgIpc) is 2.46. The minimum Gasteiger partial charge on any atom is -0.495 e. The van der Waals surface area contributed by atoms with Gasteiger partial charge in [-0.1, -0.05) is 32.9 Å². The number of primary amides is 1. The Bertz CT molecular complexity index is 553. The molecule has 6 nitrogen and oxygen atoms in total. The van der Waals surface area contributed by atoms with Crippen LogP contribution in [0.4, 0.5) is 5.69 Å². The van der Waals surface area contributed by atoms with Gasteiger partial charge in [0.1, 0.15) is 5.75 Å². The number of amides is 2. The summed E-state index contributed by atoms with van der Waals surface area (Å²) in [6.45, 7) is 6.66. The first kappa shape index (κ1) is 18.0. The van der Waals surface area contributed by atoms with Crippen molar-refractivity contribution in [3.63, 3.8) is 0 Å². The molecule has 0 aliphatic rings. The highest BCUT2D eigenvalue weighted by Gasteiger charge is 2.52. The molecule has 122 valence electrons. The van der Waals surface area contributed by atoms with Crippen molar-refractivity contribution in [1.29, 1.82) is 0 Å². The second kappa shape index (κ2) is 6.36. The van der Waals surface area contributed by atoms with Crippen LogP contribution >= 0.6 is 0 Å². The van der Waals surface area contributed by atoms with Gasteiger partial charge in [0, 0.05) is 5.41 Å². The Balaban J connectivity index is 3.41. The van der Waals surface area contributed by atoms with E-state index in [0.717, 1.165) is 0 Å². The van der Waals surface area contributed by atoms with E-state index in [0.29, 0.717) is 17.8 Å². The number of methoxy groups -OCH3 is 1. The van der Waals surface area contributed by atoms with Gasteiger partial charge in [-0.2, -0.15) is 0 Å². The Morgan fingerprint density at radius 3 is 2.32 bits per heavy atom. The van der Waals surface area contributed by atoms with E-state index in [2.05, 4.69) is 0 Å². The van der Waals surface area contributed by atoms with Crippen molar-refractivity contribution in [1.82, 2.24) is 0 Å². The van der Waals surface area contributed by atoms with E-state index in [1.807, 2.05) is 0 Å². The number of benzene rings is 1. The normalized spacial score (nSPS) is 15.5. The van der Waals surface area contributed by atoms with Crippen LogP contribution in [0.2, 0.25) is 0 Å². The van der Waals surface area contributed by atoms with Crippen molar-refractivity contribution >= 4 is 18.0 Å². The number of para-hydroxylation sites is 2. The van der Waals surface area contributed by atoms with Crippen LogP contribution in [0.5, 0.6) is 5.75 Å². The van der Waals surface area contributed by atoms with Gasteiger partial charge < -0.3 is 20.5 Å². The molecule has 1 aromatic carbocycles. The van der Waals surface area contributed by atoms with Crippen molar-refractivity contribution in [2.75, 3.05) is 12.0 Å². The smallest absolute Gasteiger partial charge is 0.252 e. The molecule has 2 amide bonds. The Morgan fingerprint density at radius 2 is 1.91 bits per heavy atom. The molecule has 0 heterocycles. The van der Waals surface area contributed by atoms with Crippen molar-refractivity contribution in [3.05, 3.63) is 24.3 Å². The number of carbonyl (C=O) groups is 2. The van der Waals surface area contributed by atoms with Gasteiger partial charge in [0.2, 0.25) is 6.41 Å². The van der Waals surface area contributed by atoms with Crippen LogP contribution in [0.25, 0.3) is 0 Å². The molecule has 2 unspecified atom stereocenters. The topological polar surface area (TPSA) is 92.9 Å². The zero-order chi connectivity index (χ0) is 17.1. The van der Waals surface area contributed by atoms with Gasteiger partial charge in [-0.05, 0) is 19.1 Å². The molecule has 1 aromatic rings. The largest absolute Gasteiger partial charge is 0.495 e. The first-order valence-electron chi connectivity index (χ1n) is 7.00. The third-order valence-corrected chi connectivity index (χ3v) is 4.02. The number of anilines is 1. The molecular weight excluding hydrogens is 284 g/mol. The first-order chi connectivity index (χ1) is 10.1. The molecule has 22 heavy (non-hydrogen) atoms. The molecule has 0 saturated carbocycles. The van der Waals surface area contributed by atoms with Crippen LogP contribution < -0.4 is 15.4 Å². The quantitative estimate of drug-likeness (QED) is 0.775. The van der Waals surface area contributed by atoms with Gasteiger partial charge in [-0.3, -0.25) is 9.59 Å². The molecule has 0 spiro atoms. The third-order valence-electron chi connectivity index (χ3n) is 4.02. The number of nitrogens with two attached hydrogens (primary N) is 1. The Hall–Kier alpha value is -2.08. The monoisotopic (exact) mass is 308 g/mol. The van der Waals surface area contributed by atoms with E-state index in [1.54, 1.807) is 52.0 Å². The summed E-state index contributed by atoms with van der Waals surface area (Å²) in [5, 5.41) is 10.9. The van der Waals surface area contributed by atoms with E-state index in [4.69, 9.17) is 10.5 Å². The molecule has 6 heteroatoms. The summed E-state index contributed by atoms with van der Waals surface area (Å²) in [5.74, 6) is -0.420. The highest BCUT2D eigenvalue weighted by Crippen LogP contribution is 2.38. The standard InChI is InChI=1S/C16H24N2O4/c1-11(16(21,14(17)20)15(2,3)4)18(10-19)12-8-6-7-9-13(12)22-5/h6-11,21H,1-5H3,(H2,17,20). The molecule has 0 aliphatic heterocycles. The van der Waals surface area contributed by atoms with Gasteiger partial charge in [0.25, 0.3) is 5.91 Å². The fourth-order valence-electron chi connectivity index (χ4n) is 2.60. The van der Waals surface area contributed by atoms with Gasteiger partial charge in [-0.15, -0.1) is 0 Å². The van der Waals surface area contributed by atoms with E-state index >= 15 is 0 Å². The summed E-state index contributed by atoms with van der Waals surface area (Å²) in [4.78, 5) is 24.8. The fraction of sp³-hybridized carbons (Fsp3) is 0.500. The van der Waals surface area contributed by atoms with Gasteiger partial charge in [-0.25, -0.2) is 0 Å². The molecular formula is C16H24N2O4. The summed E-state index contributed by atoms with van der Waals surface area (Å²) < 4.78 is 5.24. The molecule has 2 atom stereocenters. The van der Waals surface area contributed by atoms with E-state index < -0.39 is 23.0 Å². The SMILES string of the molecule is COc1ccccc1N(C=O)C(C)C(O)(C(N)=O)C(C)(C)C. The van der Waals surface area contributed by atoms with Crippen LogP contribution in [-0.4, -0.2) is 36.2 Å². The summed E-state index contributed by atoms with van der Waals surface area (Å²) in [5.41, 5.74) is 3.12. The summed E-state index contributed by atoms with van der Waals surface area (Å²) in [6.07, 6.45) is 0.558. The lowest BCUT2D eigenvalue weighted by Crippen LogP contribution is -2.65. The van der Waals surface area contributed by atoms with E-state index in [-0.39, 0.29) is 0 Å². The van der Waals surface area contributed by atoms with Crippen molar-refractivity contribution in [2.45, 2.75) is 39.3 Å². The number of hydrogen-bond acceptors (Lipinski definition) is 4. The van der Waals surface area contributed by atoms with Gasteiger partial charge >= 0.3 is 0 Å². The van der Waals surface area contributed by atoms with Crippen LogP contribution in [0.3, 0.4) is 0 Å². The maximum Gasteiger partial charge on any atom is 0.252 e. The summed E-state index contributed by atoms with van der Waals surface area (Å²) >= 11 is 0. The van der Waals surface area contributed by atoms with E-state index in [9.17, 15) is 14.7 Å². The number of hydrogen-bond donors (Lipinski definition) is 2. The number of nitrogens with zero attached hydrogens (tertiary/aromatic N) is 1. The highest BCUT2D eigenvalue weighted by atomic mass is 16.5. The van der Waals surface area contributed by atoms with Crippen LogP contribution in [0, 0.1) is 5.41 Å². The highest BCUT2D eigenvalue weighted by molar-refractivity contribution is 5.89. The second-order valence-electron chi connectivity index (χ2n) is 6.24. The molecule has 0 aromatic heterocycles. The Labute approximate surface area is 130 Å². The van der Waals surface area contributed by atoms with Crippen LogP contribution in [-0.2, 0) is 9.59 Å². The maximum atomic E-state index is 11.9. The minimum absolute atomic E-state index is 0.455. The number of carbonyl (C=O) groups excluding carboxylic acids is 2. The second-order valence-corrected chi connectivity index (χ2v) is 6.24. The Kier molecular flexibility index (Phi) is 5.19. The zero-order valence-electron chi connectivity index (χ0n) is 13.7. The molecule has 0 radical (unpaired) electrons. The third kappa shape index (κ3) is 2.92. The molecule has 3 N–H and O–H groups in total. The lowest BCUT2D eigenvalue weighted by atomic mass is 9.71. The average molecular weight is 308 g/mol. The number of rotatable bonds is 6. The van der Waals surface area contributed by atoms with Gasteiger partial charge in [0.15, 0.2) is 5.60 Å². The molecule has 0 aliphatic carbocycles. The van der Waals surface area contributed by atoms with Crippen molar-refractivity contribution in [3.8, 4) is 5.75 Å². The number of ether oxygens (including phenoxy) is 1. The molecule has 0 saturated heterocycles. The van der Waals surface area contributed by atoms with Crippen LogP contribution in [0.1, 0.15) is 27.7 Å². The van der Waals surface area contributed by atoms with Gasteiger partial charge in [0.05, 0.1) is 18.8 Å². The minimum atomic E-state index is -1.91. The predicted octanol–water partition coefficient (Wildman–Crippen LogP) is 1.31. The molecule has 1 rings (SSSR count). The molecule has 0 bridgehead atoms. The zero-order valence-corrected chi connectivity index (χ0v) is 13.7. The fourth-order valence-corrected chi connectivity index (χ4v) is 2.60. The van der Waals surface area contributed by atoms with Crippen LogP contribution in [0.15, 0.2) is 24.3 Å². The lowest BCUT2D eigenvalue weighted by molar-refractivity contribution is -0.152. The van der Waals surface area contributed by atoms with E-state index in [1.165, 1.54) is 12.0 Å². The van der Waals surface area contributed by atoms with Crippen molar-refractivity contribution < 1.29 is 19.4 Å². The molecule has 0 fully saturated rings. The lowest BCUT2D eigenvalue weighted by Gasteiger charge is -2.45.